The lowest BCUT2D eigenvalue weighted by molar-refractivity contribution is -0.119. The summed E-state index contributed by atoms with van der Waals surface area (Å²) < 4.78 is 5.16. The molecule has 0 radical (unpaired) electrons. The first-order valence-corrected chi connectivity index (χ1v) is 6.33. The number of aryl methyl sites for hydroxylation is 1. The zero-order chi connectivity index (χ0) is 13.5. The number of aromatic nitrogens is 2. The molecule has 18 heavy (non-hydrogen) atoms. The van der Waals surface area contributed by atoms with E-state index in [2.05, 4.69) is 30.9 Å². The molecule has 0 aliphatic carbocycles. The van der Waals surface area contributed by atoms with Crippen molar-refractivity contribution in [1.29, 1.82) is 0 Å². The van der Waals surface area contributed by atoms with E-state index in [4.69, 9.17) is 10.3 Å². The van der Waals surface area contributed by atoms with Gasteiger partial charge in [0.2, 0.25) is 11.8 Å². The van der Waals surface area contributed by atoms with Crippen LogP contribution in [-0.4, -0.2) is 34.0 Å². The topological polar surface area (TPSA) is 85.3 Å². The second-order valence-electron chi connectivity index (χ2n) is 4.88. The van der Waals surface area contributed by atoms with E-state index in [0.717, 1.165) is 25.2 Å². The van der Waals surface area contributed by atoms with Crippen LogP contribution in [0, 0.1) is 5.92 Å². The molecule has 0 aliphatic heterocycles. The molecule has 0 bridgehead atoms. The van der Waals surface area contributed by atoms with E-state index in [1.54, 1.807) is 0 Å². The Bertz CT molecular complexity index is 376. The molecule has 1 amide bonds. The Balaban J connectivity index is 2.59. The molecule has 1 aromatic heterocycles. The highest BCUT2D eigenvalue weighted by atomic mass is 16.5. The van der Waals surface area contributed by atoms with Crippen molar-refractivity contribution >= 4 is 5.91 Å². The second-order valence-corrected chi connectivity index (χ2v) is 4.88. The summed E-state index contributed by atoms with van der Waals surface area (Å²) in [5.74, 6) is 1.36. The fourth-order valence-corrected chi connectivity index (χ4v) is 1.79. The second kappa shape index (κ2) is 7.10. The van der Waals surface area contributed by atoms with Crippen LogP contribution in [-0.2, 0) is 17.8 Å². The van der Waals surface area contributed by atoms with Crippen molar-refractivity contribution < 1.29 is 9.32 Å². The lowest BCUT2D eigenvalue weighted by Crippen LogP contribution is -2.35. The largest absolute Gasteiger partial charge is 0.369 e. The summed E-state index contributed by atoms with van der Waals surface area (Å²) in [7, 11) is 0. The highest BCUT2D eigenvalue weighted by molar-refractivity contribution is 5.75. The van der Waals surface area contributed by atoms with Gasteiger partial charge in [0.1, 0.15) is 0 Å². The molecule has 0 fully saturated rings. The maximum Gasteiger partial charge on any atom is 0.240 e. The number of amides is 1. The van der Waals surface area contributed by atoms with Crippen molar-refractivity contribution in [2.75, 3.05) is 13.1 Å². The van der Waals surface area contributed by atoms with Crippen molar-refractivity contribution in [1.82, 2.24) is 15.0 Å². The van der Waals surface area contributed by atoms with Crippen LogP contribution in [0.25, 0.3) is 0 Å². The lowest BCUT2D eigenvalue weighted by atomic mass is 10.2. The molecular weight excluding hydrogens is 232 g/mol. The number of hydrogen-bond donors (Lipinski definition) is 1. The van der Waals surface area contributed by atoms with Gasteiger partial charge in [0, 0.05) is 13.0 Å². The third-order valence-electron chi connectivity index (χ3n) is 2.35. The predicted molar refractivity (Wildman–Crippen MR) is 67.6 cm³/mol. The van der Waals surface area contributed by atoms with Gasteiger partial charge >= 0.3 is 0 Å². The van der Waals surface area contributed by atoms with Crippen LogP contribution in [0.15, 0.2) is 4.52 Å². The molecule has 6 nitrogen and oxygen atoms in total. The van der Waals surface area contributed by atoms with Crippen molar-refractivity contribution in [2.24, 2.45) is 11.7 Å². The monoisotopic (exact) mass is 254 g/mol. The summed E-state index contributed by atoms with van der Waals surface area (Å²) in [5.41, 5.74) is 5.23. The van der Waals surface area contributed by atoms with Crippen LogP contribution < -0.4 is 5.73 Å². The third kappa shape index (κ3) is 5.27. The van der Waals surface area contributed by atoms with Gasteiger partial charge in [0.05, 0.1) is 13.1 Å². The van der Waals surface area contributed by atoms with Crippen LogP contribution >= 0.6 is 0 Å². The maximum absolute atomic E-state index is 11.0. The van der Waals surface area contributed by atoms with Crippen molar-refractivity contribution in [3.8, 4) is 0 Å². The summed E-state index contributed by atoms with van der Waals surface area (Å²) in [4.78, 5) is 17.2. The Morgan fingerprint density at radius 1 is 1.50 bits per heavy atom. The van der Waals surface area contributed by atoms with E-state index in [0.29, 0.717) is 18.4 Å². The molecular formula is C12H22N4O2. The molecule has 0 unspecified atom stereocenters. The predicted octanol–water partition coefficient (Wildman–Crippen LogP) is 0.965. The van der Waals surface area contributed by atoms with Gasteiger partial charge in [-0.2, -0.15) is 4.98 Å². The van der Waals surface area contributed by atoms with Gasteiger partial charge in [0.25, 0.3) is 0 Å². The van der Waals surface area contributed by atoms with Gasteiger partial charge in [-0.1, -0.05) is 25.9 Å². The van der Waals surface area contributed by atoms with Crippen LogP contribution in [0.1, 0.15) is 38.9 Å². The highest BCUT2D eigenvalue weighted by Gasteiger charge is 2.15. The van der Waals surface area contributed by atoms with Gasteiger partial charge < -0.3 is 10.3 Å². The van der Waals surface area contributed by atoms with Crippen LogP contribution in [0.4, 0.5) is 0 Å². The Morgan fingerprint density at radius 3 is 2.78 bits per heavy atom. The summed E-state index contributed by atoms with van der Waals surface area (Å²) >= 11 is 0. The van der Waals surface area contributed by atoms with E-state index >= 15 is 0 Å². The molecule has 6 heteroatoms. The SMILES string of the molecule is CCCc1noc(CN(CC(N)=O)CC(C)C)n1. The maximum atomic E-state index is 11.0. The van der Waals surface area contributed by atoms with E-state index < -0.39 is 0 Å². The molecule has 102 valence electrons. The Hall–Kier alpha value is -1.43. The Labute approximate surface area is 108 Å². The fraction of sp³-hybridized carbons (Fsp3) is 0.750. The molecule has 1 rings (SSSR count). The molecule has 0 aliphatic rings. The van der Waals surface area contributed by atoms with Gasteiger partial charge in [-0.05, 0) is 12.3 Å². The van der Waals surface area contributed by atoms with E-state index in [9.17, 15) is 4.79 Å². The minimum Gasteiger partial charge on any atom is -0.369 e. The average Bonchev–Trinajstić information content (AvgIpc) is 2.64. The quantitative estimate of drug-likeness (QED) is 0.747. The standard InChI is InChI=1S/C12H22N4O2/c1-4-5-11-14-12(18-15-11)8-16(6-9(2)3)7-10(13)17/h9H,4-8H2,1-3H3,(H2,13,17). The lowest BCUT2D eigenvalue weighted by Gasteiger charge is -2.20. The number of hydrogen-bond acceptors (Lipinski definition) is 5. The van der Waals surface area contributed by atoms with Gasteiger partial charge in [-0.25, -0.2) is 0 Å². The van der Waals surface area contributed by atoms with Crippen LogP contribution in [0.5, 0.6) is 0 Å². The Morgan fingerprint density at radius 2 is 2.22 bits per heavy atom. The summed E-state index contributed by atoms with van der Waals surface area (Å²) in [5, 5.41) is 3.89. The number of nitrogens with zero attached hydrogens (tertiary/aromatic N) is 3. The molecule has 0 aromatic carbocycles. The zero-order valence-electron chi connectivity index (χ0n) is 11.3. The summed E-state index contributed by atoms with van der Waals surface area (Å²) in [6.07, 6.45) is 1.79. The van der Waals surface area contributed by atoms with Crippen molar-refractivity contribution in [2.45, 2.75) is 40.2 Å². The fourth-order valence-electron chi connectivity index (χ4n) is 1.79. The van der Waals surface area contributed by atoms with E-state index in [1.165, 1.54) is 0 Å². The highest BCUT2D eigenvalue weighted by Crippen LogP contribution is 2.06. The molecule has 0 saturated carbocycles. The van der Waals surface area contributed by atoms with Crippen LogP contribution in [0.2, 0.25) is 0 Å². The van der Waals surface area contributed by atoms with Crippen LogP contribution in [0.3, 0.4) is 0 Å². The number of carbonyl (C=O) groups excluding carboxylic acids is 1. The first-order chi connectivity index (χ1) is 8.51. The average molecular weight is 254 g/mol. The minimum atomic E-state index is -0.344. The molecule has 0 spiro atoms. The zero-order valence-corrected chi connectivity index (χ0v) is 11.3. The minimum absolute atomic E-state index is 0.212. The molecule has 0 atom stereocenters. The van der Waals surface area contributed by atoms with E-state index in [-0.39, 0.29) is 12.5 Å². The first kappa shape index (κ1) is 14.6. The molecule has 1 heterocycles. The smallest absolute Gasteiger partial charge is 0.240 e. The Kier molecular flexibility index (Phi) is 5.77. The molecule has 1 aromatic rings. The number of nitrogens with two attached hydrogens (primary N) is 1. The normalized spacial score (nSPS) is 11.4. The molecule has 0 saturated heterocycles. The molecule has 2 N–H and O–H groups in total. The van der Waals surface area contributed by atoms with Crippen molar-refractivity contribution in [3.63, 3.8) is 0 Å². The summed E-state index contributed by atoms with van der Waals surface area (Å²) in [6, 6.07) is 0. The summed E-state index contributed by atoms with van der Waals surface area (Å²) in [6.45, 7) is 7.69. The van der Waals surface area contributed by atoms with Gasteiger partial charge in [-0.15, -0.1) is 0 Å². The van der Waals surface area contributed by atoms with Gasteiger partial charge in [-0.3, -0.25) is 9.69 Å². The third-order valence-corrected chi connectivity index (χ3v) is 2.35. The van der Waals surface area contributed by atoms with Gasteiger partial charge in [0.15, 0.2) is 5.82 Å². The number of primary amides is 1. The first-order valence-electron chi connectivity index (χ1n) is 6.33. The van der Waals surface area contributed by atoms with E-state index in [1.807, 2.05) is 4.90 Å². The number of carbonyl (C=O) groups is 1. The van der Waals surface area contributed by atoms with Crippen molar-refractivity contribution in [3.05, 3.63) is 11.7 Å². The number of rotatable bonds is 8.